The Morgan fingerprint density at radius 3 is 1.81 bits per heavy atom. The van der Waals surface area contributed by atoms with Gasteiger partial charge in [0.1, 0.15) is 11.9 Å². The molecule has 0 aromatic carbocycles. The van der Waals surface area contributed by atoms with E-state index < -0.39 is 63.5 Å². The summed E-state index contributed by atoms with van der Waals surface area (Å²) in [7, 11) is -6.68. The van der Waals surface area contributed by atoms with E-state index in [-0.39, 0.29) is 95.1 Å². The maximum absolute atomic E-state index is 12.0. The molecule has 314 valence electrons. The number of hydrogen-bond donors (Lipinski definition) is 1. The van der Waals surface area contributed by atoms with Crippen LogP contribution >= 0.6 is 15.4 Å². The van der Waals surface area contributed by atoms with Crippen molar-refractivity contribution in [2.45, 2.75) is 161 Å². The summed E-state index contributed by atoms with van der Waals surface area (Å²) in [5.74, 6) is 0. The number of nitrogens with zero attached hydrogens (tertiary/aromatic N) is 4. The van der Waals surface area contributed by atoms with E-state index in [1.807, 2.05) is 0 Å². The second kappa shape index (κ2) is 38.3. The van der Waals surface area contributed by atoms with Crippen LogP contribution in [0.2, 0.25) is 0 Å². The Balaban J connectivity index is -0.000000405. The average Bonchev–Trinajstić information content (AvgIpc) is 3.51. The van der Waals surface area contributed by atoms with Crippen molar-refractivity contribution in [3.05, 3.63) is 43.0 Å². The van der Waals surface area contributed by atoms with Crippen LogP contribution in [-0.4, -0.2) is 60.9 Å². The fourth-order valence-corrected chi connectivity index (χ4v) is 6.40. The minimum absolute atomic E-state index is 0. The Labute approximate surface area is 404 Å². The number of ether oxygens (including phenoxy) is 2. The second-order valence-electron chi connectivity index (χ2n) is 13.3. The molecular weight excluding hydrogens is 817 g/mol. The number of carbonyl (C=O) groups is 1. The number of H-pyrrole nitrogens is 1. The third kappa shape index (κ3) is 32.0. The van der Waals surface area contributed by atoms with Gasteiger partial charge in [0.15, 0.2) is 7.60 Å². The Kier molecular flexibility index (Phi) is 43.2. The van der Waals surface area contributed by atoms with Crippen LogP contribution in [0, 0.1) is 6.92 Å². The van der Waals surface area contributed by atoms with Gasteiger partial charge in [-0.05, 0) is 32.7 Å². The van der Waals surface area contributed by atoms with Crippen LogP contribution < -0.4 is 115 Å². The molecular formula is C34H62N5Na3O13P2. The van der Waals surface area contributed by atoms with Gasteiger partial charge in [0.25, 0.3) is 13.4 Å². The number of unbranched alkanes of at least 4 members (excludes halogenated alkanes) is 15. The molecule has 18 nitrogen and oxygen atoms in total. The largest absolute Gasteiger partial charge is 1.00 e. The van der Waals surface area contributed by atoms with Crippen molar-refractivity contribution < 1.29 is 141 Å². The molecule has 23 heteroatoms. The third-order valence-electron chi connectivity index (χ3n) is 8.26. The van der Waals surface area contributed by atoms with Crippen molar-refractivity contribution in [1.29, 1.82) is 0 Å². The summed E-state index contributed by atoms with van der Waals surface area (Å²) in [6, 6.07) is -0.761. The average molecular weight is 880 g/mol. The van der Waals surface area contributed by atoms with Gasteiger partial charge in [-0.2, -0.15) is 0 Å². The molecule has 0 aliphatic carbocycles. The van der Waals surface area contributed by atoms with E-state index in [4.69, 9.17) is 19.5 Å². The van der Waals surface area contributed by atoms with Crippen molar-refractivity contribution >= 4 is 21.1 Å². The molecule has 2 heterocycles. The summed E-state index contributed by atoms with van der Waals surface area (Å²) in [5, 5.41) is 13.0. The summed E-state index contributed by atoms with van der Waals surface area (Å²) in [5.41, 5.74) is 5.58. The topological polar surface area (TPSA) is 270 Å². The molecule has 1 aromatic heterocycles. The van der Waals surface area contributed by atoms with Crippen LogP contribution in [0.25, 0.3) is 10.4 Å². The van der Waals surface area contributed by atoms with Gasteiger partial charge in [-0.15, -0.1) is 0 Å². The molecule has 0 saturated carbocycles. The van der Waals surface area contributed by atoms with E-state index in [0.717, 1.165) is 18.3 Å². The van der Waals surface area contributed by atoms with Crippen molar-refractivity contribution in [2.75, 3.05) is 27.4 Å². The summed E-state index contributed by atoms with van der Waals surface area (Å²) >= 11 is 0. The van der Waals surface area contributed by atoms with Crippen LogP contribution in [0.5, 0.6) is 0 Å². The minimum Gasteiger partial charge on any atom is -0.774 e. The van der Waals surface area contributed by atoms with Crippen LogP contribution in [-0.2, 0) is 32.2 Å². The molecule has 2 rings (SSSR count). The molecule has 0 bridgehead atoms. The standard InChI is InChI=1S/C19H40O.C13H20N5O7P.C2H5O5P.3Na/c1-3-4-5-6-7-8-9-10-11-12-13-14-15-16-17-18-19-20-2;1-7(2)25-26(21,22)23-6-10-9(16-17-14)4-11(24-10)18-5-8(3)12(19)15-13(18)20;1-7-8(5,6)2(3)4;;;/h3-19H2,1-2H3;5,7,9-11H,4,6H2,1-3H3,(H,21,22)(H,15,19,20);1H3,(H,3,4)(H,5,6);;;/q;;;3*+1/p-3/t;9-,10-,11-;;;;/m.1..../s1. The van der Waals surface area contributed by atoms with E-state index in [1.54, 1.807) is 7.11 Å². The maximum atomic E-state index is 12.0. The van der Waals surface area contributed by atoms with Gasteiger partial charge in [0, 0.05) is 43.9 Å². The predicted molar refractivity (Wildman–Crippen MR) is 199 cm³/mol. The van der Waals surface area contributed by atoms with E-state index in [9.17, 15) is 38.4 Å². The van der Waals surface area contributed by atoms with Crippen molar-refractivity contribution in [2.24, 2.45) is 5.11 Å². The van der Waals surface area contributed by atoms with Gasteiger partial charge in [0.2, 0.25) is 0 Å². The van der Waals surface area contributed by atoms with Gasteiger partial charge in [-0.1, -0.05) is 108 Å². The van der Waals surface area contributed by atoms with Crippen molar-refractivity contribution in [3.8, 4) is 0 Å². The zero-order valence-corrected chi connectivity index (χ0v) is 43.6. The molecule has 0 amide bonds. The molecule has 1 aliphatic rings. The Bertz CT molecular complexity index is 1430. The quantitative estimate of drug-likeness (QED) is 0.0246. The number of nitrogens with one attached hydrogen (secondary N) is 1. The van der Waals surface area contributed by atoms with E-state index in [2.05, 4.69) is 31.0 Å². The van der Waals surface area contributed by atoms with Crippen molar-refractivity contribution in [1.82, 2.24) is 9.55 Å². The molecule has 1 aliphatic heterocycles. The Morgan fingerprint density at radius 1 is 0.947 bits per heavy atom. The number of hydrogen-bond acceptors (Lipinski definition) is 14. The van der Waals surface area contributed by atoms with E-state index >= 15 is 0 Å². The number of aryl methyl sites for hydroxylation is 1. The fourth-order valence-electron chi connectivity index (χ4n) is 5.35. The molecule has 1 N–H and O–H groups in total. The monoisotopic (exact) mass is 879 g/mol. The first-order chi connectivity index (χ1) is 25.5. The molecule has 1 aromatic rings. The second-order valence-corrected chi connectivity index (χ2v) is 16.3. The Morgan fingerprint density at radius 2 is 1.42 bits per heavy atom. The SMILES string of the molecule is CCCCCCCCCCCCCCCCCCOC.COP(=O)([O-])C(=O)[O-].Cc1cn([C@H]2C[C@@H](N=[N+]=[N-])[C@@H](COP(=O)([O-])OC(C)C)O2)c(=O)[nH]c1=O.[Na+].[Na+].[Na+]. The number of phosphoric acid groups is 1. The van der Waals surface area contributed by atoms with E-state index in [0.29, 0.717) is 5.56 Å². The summed E-state index contributed by atoms with van der Waals surface area (Å²) in [4.78, 5) is 59.2. The fraction of sp³-hybridized carbons (Fsp3) is 0.853. The summed E-state index contributed by atoms with van der Waals surface area (Å²) < 4.78 is 46.4. The predicted octanol–water partition coefficient (Wildman–Crippen LogP) is -2.84. The van der Waals surface area contributed by atoms with Crippen LogP contribution in [0.3, 0.4) is 0 Å². The van der Waals surface area contributed by atoms with Crippen molar-refractivity contribution in [3.63, 3.8) is 0 Å². The first-order valence-corrected chi connectivity index (χ1v) is 21.8. The number of carboxylic acid groups (broad SMARTS) is 1. The number of azide groups is 1. The number of carbonyl (C=O) groups excluding carboxylic acids is 1. The third-order valence-corrected chi connectivity index (χ3v) is 10.3. The number of methoxy groups -OCH3 is 1. The van der Waals surface area contributed by atoms with Crippen LogP contribution in [0.1, 0.15) is 142 Å². The van der Waals surface area contributed by atoms with Crippen LogP contribution in [0.4, 0.5) is 4.79 Å². The van der Waals surface area contributed by atoms with Gasteiger partial charge < -0.3 is 47.3 Å². The molecule has 2 unspecified atom stereocenters. The van der Waals surface area contributed by atoms with Gasteiger partial charge in [-0.25, -0.2) is 4.79 Å². The van der Waals surface area contributed by atoms with Gasteiger partial charge in [-0.3, -0.25) is 18.9 Å². The molecule has 5 atom stereocenters. The zero-order chi connectivity index (χ0) is 41.0. The van der Waals surface area contributed by atoms with Gasteiger partial charge in [0.05, 0.1) is 24.9 Å². The molecule has 1 fully saturated rings. The smallest absolute Gasteiger partial charge is 0.774 e. The normalized spacial score (nSPS) is 17.7. The number of phosphoric ester groups is 1. The first kappa shape index (κ1) is 64.3. The van der Waals surface area contributed by atoms with E-state index in [1.165, 1.54) is 130 Å². The van der Waals surface area contributed by atoms with Crippen LogP contribution in [0.15, 0.2) is 20.9 Å². The molecule has 0 spiro atoms. The number of aromatic amines is 1. The summed E-state index contributed by atoms with van der Waals surface area (Å²) in [6.45, 7) is 7.38. The Hall–Kier alpha value is 0.640. The zero-order valence-electron chi connectivity index (χ0n) is 35.8. The number of rotatable bonds is 26. The maximum Gasteiger partial charge on any atom is 1.00 e. The minimum atomic E-state index is -4.69. The molecule has 1 saturated heterocycles. The molecule has 57 heavy (non-hydrogen) atoms. The first-order valence-electron chi connectivity index (χ1n) is 18.8. The number of aromatic nitrogens is 2. The molecule has 0 radical (unpaired) electrons. The summed E-state index contributed by atoms with van der Waals surface area (Å²) in [6.07, 6.45) is 22.0. The van der Waals surface area contributed by atoms with Gasteiger partial charge >= 0.3 is 94.4 Å².